The highest BCUT2D eigenvalue weighted by Crippen LogP contribution is 2.15. The quantitative estimate of drug-likeness (QED) is 0.0266. The highest BCUT2D eigenvalue weighted by atomic mass is 16.2. The van der Waals surface area contributed by atoms with E-state index in [-0.39, 0.29) is 53.2 Å². The maximum Gasteiger partial charge on any atom is 0.242 e. The number of hydrogen-bond donors (Lipinski definition) is 15. The van der Waals surface area contributed by atoms with Crippen molar-refractivity contribution in [3.63, 3.8) is 0 Å². The summed E-state index contributed by atoms with van der Waals surface area (Å²) < 4.78 is 0. The van der Waals surface area contributed by atoms with Crippen molar-refractivity contribution in [1.29, 1.82) is 0 Å². The van der Waals surface area contributed by atoms with Crippen LogP contribution in [0.2, 0.25) is 0 Å². The van der Waals surface area contributed by atoms with Crippen LogP contribution in [0.15, 0.2) is 0 Å². The van der Waals surface area contributed by atoms with E-state index in [1.54, 1.807) is 0 Å². The van der Waals surface area contributed by atoms with Crippen LogP contribution in [0.25, 0.3) is 0 Å². The first-order valence-electron chi connectivity index (χ1n) is 39.4. The van der Waals surface area contributed by atoms with Gasteiger partial charge in [0.2, 0.25) is 59.1 Å². The van der Waals surface area contributed by atoms with Crippen LogP contribution < -0.4 is 82.3 Å². The molecule has 0 aromatic heterocycles. The van der Waals surface area contributed by atoms with Gasteiger partial charge >= 0.3 is 0 Å². The van der Waals surface area contributed by atoms with E-state index in [0.717, 1.165) is 173 Å². The first kappa shape index (κ1) is 93.5. The van der Waals surface area contributed by atoms with E-state index in [2.05, 4.69) is 54.8 Å². The van der Waals surface area contributed by atoms with Crippen molar-refractivity contribution in [3.8, 4) is 0 Å². The van der Waals surface area contributed by atoms with E-state index < -0.39 is 36.1 Å². The van der Waals surface area contributed by atoms with Gasteiger partial charge in [-0.2, -0.15) is 0 Å². The first-order valence-corrected chi connectivity index (χ1v) is 39.4. The molecule has 0 aliphatic rings. The zero-order valence-corrected chi connectivity index (χ0v) is 61.9. The van der Waals surface area contributed by atoms with Crippen LogP contribution >= 0.6 is 0 Å². The fourth-order valence-electron chi connectivity index (χ4n) is 11.9. The van der Waals surface area contributed by atoms with Crippen LogP contribution in [0.1, 0.15) is 322 Å². The number of hydrogen-bond acceptors (Lipinski definition) is 15. The summed E-state index contributed by atoms with van der Waals surface area (Å²) in [7, 11) is 0. The third kappa shape index (κ3) is 57.8. The molecule has 5 atom stereocenters. The van der Waals surface area contributed by atoms with Crippen molar-refractivity contribution in [2.75, 3.05) is 58.9 Å². The lowest BCUT2D eigenvalue weighted by molar-refractivity contribution is -0.129. The second-order valence-corrected chi connectivity index (χ2v) is 27.2. The molecule has 0 aromatic rings. The first-order chi connectivity index (χ1) is 48.1. The van der Waals surface area contributed by atoms with Crippen molar-refractivity contribution in [3.05, 3.63) is 0 Å². The van der Waals surface area contributed by atoms with Crippen LogP contribution in [0.4, 0.5) is 0 Å². The molecule has 0 rings (SSSR count). The average molecular weight is 1410 g/mol. The Hall–Kier alpha value is -5.50. The number of unbranched alkanes of at least 4 members (excludes halogenated alkanes) is 29. The molecule has 0 heterocycles. The van der Waals surface area contributed by atoms with E-state index in [1.165, 1.54) is 38.5 Å². The zero-order valence-electron chi connectivity index (χ0n) is 61.9. The van der Waals surface area contributed by atoms with Crippen LogP contribution in [-0.2, 0) is 47.9 Å². The molecule has 21 N–H and O–H groups in total. The molecule has 576 valence electrons. The maximum absolute atomic E-state index is 13.3. The van der Waals surface area contributed by atoms with Crippen molar-refractivity contribution in [2.45, 2.75) is 352 Å². The maximum atomic E-state index is 13.3. The normalized spacial score (nSPS) is 12.7. The van der Waals surface area contributed by atoms with Gasteiger partial charge in [-0.15, -0.1) is 0 Å². The molecule has 0 saturated carbocycles. The number of primary amides is 1. The lowest BCUT2D eigenvalue weighted by atomic mass is 10.1. The highest BCUT2D eigenvalue weighted by Gasteiger charge is 2.24. The third-order valence-corrected chi connectivity index (χ3v) is 18.0. The molecule has 0 radical (unpaired) electrons. The van der Waals surface area contributed by atoms with Gasteiger partial charge in [-0.1, -0.05) is 135 Å². The molecular formula is C74H145N15O10. The topological polar surface area (TPSA) is 435 Å². The second-order valence-electron chi connectivity index (χ2n) is 27.2. The Labute approximate surface area is 597 Å². The van der Waals surface area contributed by atoms with Gasteiger partial charge in [0.1, 0.15) is 30.2 Å². The molecule has 25 heteroatoms. The average Bonchev–Trinajstić information content (AvgIpc) is 2.53. The van der Waals surface area contributed by atoms with Gasteiger partial charge in [0.05, 0.1) is 0 Å². The van der Waals surface area contributed by atoms with E-state index in [9.17, 15) is 47.9 Å². The molecule has 0 aliphatic heterocycles. The van der Waals surface area contributed by atoms with Crippen molar-refractivity contribution in [2.24, 2.45) is 34.4 Å². The monoisotopic (exact) mass is 1400 g/mol. The minimum absolute atomic E-state index is 0.0706. The predicted molar refractivity (Wildman–Crippen MR) is 398 cm³/mol. The van der Waals surface area contributed by atoms with Gasteiger partial charge < -0.3 is 82.3 Å². The highest BCUT2D eigenvalue weighted by molar-refractivity contribution is 5.90. The summed E-state index contributed by atoms with van der Waals surface area (Å²) in [5.74, 6) is -2.06. The summed E-state index contributed by atoms with van der Waals surface area (Å²) in [5.41, 5.74) is 33.9. The lowest BCUT2D eigenvalue weighted by Gasteiger charge is -2.19. The SMILES string of the molecule is CCCCCCCCCCCC(=O)NC(CCCCN)C(=O)NCCCCCCCC(=O)NC(CCCCN)C(=O)NCCCCCCCC(=O)NC(CCCCN)C(=O)NCCCCCCCC(=O)NC(CCCCN)C(=O)NCCCCCCCC(=O)NC(CCCCN)C(N)=O. The second kappa shape index (κ2) is 68.3. The Balaban J connectivity index is 4.56. The van der Waals surface area contributed by atoms with Crippen molar-refractivity contribution >= 4 is 59.1 Å². The summed E-state index contributed by atoms with van der Waals surface area (Å²) in [4.78, 5) is 129. The molecule has 99 heavy (non-hydrogen) atoms. The largest absolute Gasteiger partial charge is 0.368 e. The van der Waals surface area contributed by atoms with E-state index in [1.807, 2.05) is 0 Å². The molecule has 10 amide bonds. The molecule has 0 bridgehead atoms. The van der Waals surface area contributed by atoms with E-state index >= 15 is 0 Å². The Morgan fingerprint density at radius 1 is 0.232 bits per heavy atom. The number of nitrogens with one attached hydrogen (secondary N) is 9. The molecule has 25 nitrogen and oxygen atoms in total. The van der Waals surface area contributed by atoms with Gasteiger partial charge in [0.15, 0.2) is 0 Å². The molecule has 5 unspecified atom stereocenters. The number of nitrogens with two attached hydrogens (primary N) is 6. The lowest BCUT2D eigenvalue weighted by Crippen LogP contribution is -2.47. The van der Waals surface area contributed by atoms with Gasteiger partial charge in [-0.05, 0) is 187 Å². The van der Waals surface area contributed by atoms with Gasteiger partial charge in [-0.25, -0.2) is 0 Å². The van der Waals surface area contributed by atoms with Crippen LogP contribution in [-0.4, -0.2) is 148 Å². The van der Waals surface area contributed by atoms with Gasteiger partial charge in [-0.3, -0.25) is 47.9 Å². The Bertz CT molecular complexity index is 2100. The fourth-order valence-corrected chi connectivity index (χ4v) is 11.9. The van der Waals surface area contributed by atoms with E-state index in [0.29, 0.717) is 162 Å². The molecule has 0 aromatic carbocycles. The van der Waals surface area contributed by atoms with Crippen LogP contribution in [0, 0.1) is 0 Å². The predicted octanol–water partition coefficient (Wildman–Crippen LogP) is 7.29. The summed E-state index contributed by atoms with van der Waals surface area (Å²) in [6.45, 7) is 6.74. The minimum atomic E-state index is -0.677. The summed E-state index contributed by atoms with van der Waals surface area (Å²) in [6.07, 6.45) is 38.4. The standard InChI is InChI=1S/C74H145N15O10/c1-2-3-4-5-6-7-8-13-22-47-66(91)86-61(42-28-33-52-76)71(96)82-57-38-19-10-15-24-49-68(93)88-63(44-30-35-54-78)73(98)84-59-40-21-12-17-26-50-69(94)89-64(45-31-36-55-79)74(99)83-58-39-20-11-16-25-48-67(92)87-62(43-29-34-53-77)72(97)81-56-37-18-9-14-23-46-65(90)85-60(70(80)95)41-27-32-51-75/h60-64H,2-59,75-79H2,1H3,(H2,80,95)(H,81,97)(H,82,96)(H,83,99)(H,84,98)(H,85,90)(H,86,91)(H,87,92)(H,88,93)(H,89,94). The van der Waals surface area contributed by atoms with Gasteiger partial charge in [0.25, 0.3) is 0 Å². The summed E-state index contributed by atoms with van der Waals surface area (Å²) in [5, 5.41) is 26.5. The molecular weight excluding hydrogens is 1260 g/mol. The zero-order chi connectivity index (χ0) is 73.0. The fraction of sp³-hybridized carbons (Fsp3) is 0.865. The van der Waals surface area contributed by atoms with Crippen LogP contribution in [0.3, 0.4) is 0 Å². The molecule has 0 aliphatic carbocycles. The smallest absolute Gasteiger partial charge is 0.242 e. The Kier molecular flexibility index (Phi) is 64.5. The van der Waals surface area contributed by atoms with Gasteiger partial charge in [0, 0.05) is 58.3 Å². The third-order valence-electron chi connectivity index (χ3n) is 18.0. The molecule has 0 saturated heterocycles. The summed E-state index contributed by atoms with van der Waals surface area (Å²) in [6, 6.07) is -3.15. The van der Waals surface area contributed by atoms with Crippen LogP contribution in [0.5, 0.6) is 0 Å². The van der Waals surface area contributed by atoms with Crippen molar-refractivity contribution < 1.29 is 47.9 Å². The van der Waals surface area contributed by atoms with Crippen molar-refractivity contribution in [1.82, 2.24) is 47.9 Å². The molecule has 0 spiro atoms. The number of amides is 10. The minimum Gasteiger partial charge on any atom is -0.368 e. The Morgan fingerprint density at radius 2 is 0.414 bits per heavy atom. The Morgan fingerprint density at radius 3 is 0.616 bits per heavy atom. The number of carbonyl (C=O) groups excluding carboxylic acids is 10. The van der Waals surface area contributed by atoms with E-state index in [4.69, 9.17) is 34.4 Å². The summed E-state index contributed by atoms with van der Waals surface area (Å²) >= 11 is 0. The molecule has 0 fully saturated rings. The number of rotatable bonds is 72. The number of carbonyl (C=O) groups is 10.